The first kappa shape index (κ1) is 20.1. The predicted molar refractivity (Wildman–Crippen MR) is 113 cm³/mol. The summed E-state index contributed by atoms with van der Waals surface area (Å²) in [5, 5.41) is 6.50. The van der Waals surface area contributed by atoms with Gasteiger partial charge in [0, 0.05) is 10.7 Å². The van der Waals surface area contributed by atoms with Crippen LogP contribution in [0.25, 0.3) is 0 Å². The minimum atomic E-state index is -3.76. The van der Waals surface area contributed by atoms with Crippen molar-refractivity contribution in [3.63, 3.8) is 0 Å². The van der Waals surface area contributed by atoms with Crippen LogP contribution >= 0.6 is 22.9 Å². The highest BCUT2D eigenvalue weighted by molar-refractivity contribution is 7.93. The Morgan fingerprint density at radius 1 is 1.00 bits per heavy atom. The Hall–Kier alpha value is -2.62. The number of nitrogens with one attached hydrogen (secondary N) is 3. The molecule has 0 saturated heterocycles. The van der Waals surface area contributed by atoms with Gasteiger partial charge in [-0.25, -0.2) is 18.2 Å². The lowest BCUT2D eigenvalue weighted by molar-refractivity contribution is 0.262. The largest absolute Gasteiger partial charge is 0.324 e. The second-order valence-corrected chi connectivity index (χ2v) is 9.06. The first-order valence-corrected chi connectivity index (χ1v) is 10.8. The monoisotopic (exact) mass is 436 g/mol. The number of benzene rings is 2. The molecule has 0 aliphatic carbocycles. The Bertz CT molecular complexity index is 1090. The zero-order valence-corrected chi connectivity index (χ0v) is 17.4. The molecule has 0 saturated carbocycles. The molecule has 7 nitrogen and oxygen atoms in total. The zero-order valence-electron chi connectivity index (χ0n) is 15.0. The Morgan fingerprint density at radius 2 is 1.64 bits per heavy atom. The van der Waals surface area contributed by atoms with Crippen molar-refractivity contribution in [2.24, 2.45) is 0 Å². The molecule has 1 aromatic heterocycles. The maximum atomic E-state index is 12.5. The Balaban J connectivity index is 1.69. The van der Waals surface area contributed by atoms with Crippen molar-refractivity contribution in [2.45, 2.75) is 18.7 Å². The van der Waals surface area contributed by atoms with Gasteiger partial charge >= 0.3 is 6.03 Å². The van der Waals surface area contributed by atoms with Crippen molar-refractivity contribution < 1.29 is 13.2 Å². The number of aromatic nitrogens is 1. The fourth-order valence-corrected chi connectivity index (χ4v) is 4.47. The molecule has 146 valence electrons. The van der Waals surface area contributed by atoms with E-state index in [1.54, 1.807) is 43.3 Å². The summed E-state index contributed by atoms with van der Waals surface area (Å²) in [7, 11) is -3.76. The first-order chi connectivity index (χ1) is 13.2. The van der Waals surface area contributed by atoms with Crippen molar-refractivity contribution in [1.29, 1.82) is 0 Å². The quantitative estimate of drug-likeness (QED) is 0.531. The van der Waals surface area contributed by atoms with Gasteiger partial charge in [-0.3, -0.25) is 10.0 Å². The number of urea groups is 1. The molecular formula is C18H17ClN4O3S2. The summed E-state index contributed by atoms with van der Waals surface area (Å²) in [6.07, 6.45) is 0. The van der Waals surface area contributed by atoms with Gasteiger partial charge in [0.2, 0.25) is 0 Å². The van der Waals surface area contributed by atoms with E-state index in [4.69, 9.17) is 11.6 Å². The topological polar surface area (TPSA) is 100 Å². The minimum absolute atomic E-state index is 0.140. The van der Waals surface area contributed by atoms with Crippen LogP contribution in [-0.4, -0.2) is 19.4 Å². The molecule has 3 aromatic rings. The lowest BCUT2D eigenvalue weighted by atomic mass is 10.2. The maximum Gasteiger partial charge on any atom is 0.324 e. The summed E-state index contributed by atoms with van der Waals surface area (Å²) in [5.74, 6) is 0. The summed E-state index contributed by atoms with van der Waals surface area (Å²) >= 11 is 6.85. The van der Waals surface area contributed by atoms with Gasteiger partial charge in [0.25, 0.3) is 10.0 Å². The summed E-state index contributed by atoms with van der Waals surface area (Å²) in [6, 6.07) is 12.7. The van der Waals surface area contributed by atoms with Crippen molar-refractivity contribution in [1.82, 2.24) is 4.98 Å². The third kappa shape index (κ3) is 5.00. The van der Waals surface area contributed by atoms with Crippen LogP contribution in [0.4, 0.5) is 20.6 Å². The molecule has 0 unspecified atom stereocenters. The number of anilines is 3. The van der Waals surface area contributed by atoms with E-state index in [1.807, 2.05) is 6.92 Å². The average Bonchev–Trinajstić information content (AvgIpc) is 2.95. The molecule has 3 rings (SSSR count). The normalized spacial score (nSPS) is 11.1. The third-order valence-corrected chi connectivity index (χ3v) is 6.40. The van der Waals surface area contributed by atoms with Crippen LogP contribution in [0.15, 0.2) is 53.4 Å². The molecule has 1 heterocycles. The predicted octanol–water partition coefficient (Wildman–Crippen LogP) is 4.86. The molecule has 3 N–H and O–H groups in total. The van der Waals surface area contributed by atoms with Gasteiger partial charge in [0.05, 0.1) is 10.6 Å². The molecule has 0 spiro atoms. The molecule has 0 aliphatic rings. The second-order valence-electron chi connectivity index (χ2n) is 5.94. The van der Waals surface area contributed by atoms with Crippen LogP contribution in [0.3, 0.4) is 0 Å². The van der Waals surface area contributed by atoms with Crippen molar-refractivity contribution in [3.05, 3.63) is 64.8 Å². The van der Waals surface area contributed by atoms with Gasteiger partial charge in [-0.2, -0.15) is 0 Å². The summed E-state index contributed by atoms with van der Waals surface area (Å²) in [6.45, 7) is 3.55. The van der Waals surface area contributed by atoms with Gasteiger partial charge in [0.1, 0.15) is 5.00 Å². The number of sulfonamides is 1. The van der Waals surface area contributed by atoms with Crippen LogP contribution in [0.2, 0.25) is 5.02 Å². The molecule has 0 bridgehead atoms. The van der Waals surface area contributed by atoms with Crippen LogP contribution in [0.5, 0.6) is 0 Å². The highest BCUT2D eigenvalue weighted by atomic mass is 35.5. The highest BCUT2D eigenvalue weighted by Gasteiger charge is 2.18. The highest BCUT2D eigenvalue weighted by Crippen LogP contribution is 2.29. The SMILES string of the molecule is Cc1ccc(S(=O)(=O)Nc2nc(C)c(NC(=O)Nc3ccc(Cl)cc3)s2)cc1. The molecular weight excluding hydrogens is 420 g/mol. The van der Waals surface area contributed by atoms with E-state index in [-0.39, 0.29) is 10.0 Å². The van der Waals surface area contributed by atoms with Crippen LogP contribution in [0, 0.1) is 13.8 Å². The van der Waals surface area contributed by atoms with Gasteiger partial charge in [-0.1, -0.05) is 40.6 Å². The van der Waals surface area contributed by atoms with Crippen LogP contribution < -0.4 is 15.4 Å². The standard InChI is InChI=1S/C18H17ClN4O3S2/c1-11-3-9-15(10-4-11)28(25,26)23-18-20-12(2)16(27-18)22-17(24)21-14-7-5-13(19)6-8-14/h3-10H,1-2H3,(H,20,23)(H2,21,22,24). The molecule has 10 heteroatoms. The Labute approximate surface area is 171 Å². The zero-order chi connectivity index (χ0) is 20.3. The van der Waals surface area contributed by atoms with Gasteiger partial charge in [-0.05, 0) is 50.2 Å². The number of amides is 2. The van der Waals surface area contributed by atoms with Gasteiger partial charge in [-0.15, -0.1) is 0 Å². The third-order valence-electron chi connectivity index (χ3n) is 3.68. The maximum absolute atomic E-state index is 12.5. The molecule has 0 radical (unpaired) electrons. The van der Waals surface area contributed by atoms with E-state index in [0.717, 1.165) is 16.9 Å². The molecule has 0 aliphatic heterocycles. The summed E-state index contributed by atoms with van der Waals surface area (Å²) in [5.41, 5.74) is 2.03. The van der Waals surface area contributed by atoms with E-state index in [9.17, 15) is 13.2 Å². The Kier molecular flexibility index (Phi) is 5.87. The Morgan fingerprint density at radius 3 is 2.29 bits per heavy atom. The molecule has 2 aromatic carbocycles. The number of halogens is 1. The molecule has 2 amide bonds. The number of aryl methyl sites for hydroxylation is 2. The van der Waals surface area contributed by atoms with Crippen molar-refractivity contribution >= 4 is 54.8 Å². The second kappa shape index (κ2) is 8.17. The van der Waals surface area contributed by atoms with Gasteiger partial charge < -0.3 is 5.32 Å². The fraction of sp³-hybridized carbons (Fsp3) is 0.111. The number of hydrogen-bond donors (Lipinski definition) is 3. The smallest absolute Gasteiger partial charge is 0.308 e. The van der Waals surface area contributed by atoms with Crippen molar-refractivity contribution in [2.75, 3.05) is 15.4 Å². The van der Waals surface area contributed by atoms with E-state index in [0.29, 0.717) is 21.4 Å². The van der Waals surface area contributed by atoms with Crippen LogP contribution in [0.1, 0.15) is 11.3 Å². The minimum Gasteiger partial charge on any atom is -0.308 e. The number of nitrogens with zero attached hydrogens (tertiary/aromatic N) is 1. The molecule has 0 fully saturated rings. The van der Waals surface area contributed by atoms with Crippen LogP contribution in [-0.2, 0) is 10.0 Å². The lowest BCUT2D eigenvalue weighted by Crippen LogP contribution is -2.19. The summed E-state index contributed by atoms with van der Waals surface area (Å²) in [4.78, 5) is 16.5. The van der Waals surface area contributed by atoms with Crippen molar-refractivity contribution in [3.8, 4) is 0 Å². The van der Waals surface area contributed by atoms with E-state index >= 15 is 0 Å². The van der Waals surface area contributed by atoms with E-state index in [1.165, 1.54) is 12.1 Å². The van der Waals surface area contributed by atoms with Gasteiger partial charge in [0.15, 0.2) is 5.13 Å². The number of rotatable bonds is 5. The first-order valence-electron chi connectivity index (χ1n) is 8.13. The average molecular weight is 437 g/mol. The molecule has 0 atom stereocenters. The number of carbonyl (C=O) groups excluding carboxylic acids is 1. The van der Waals surface area contributed by atoms with E-state index in [2.05, 4.69) is 20.3 Å². The fourth-order valence-electron chi connectivity index (χ4n) is 2.25. The van der Waals surface area contributed by atoms with E-state index < -0.39 is 16.1 Å². The number of carbonyl (C=O) groups is 1. The number of hydrogen-bond acceptors (Lipinski definition) is 5. The summed E-state index contributed by atoms with van der Waals surface area (Å²) < 4.78 is 27.4. The molecule has 28 heavy (non-hydrogen) atoms. The number of thiazole rings is 1. The lowest BCUT2D eigenvalue weighted by Gasteiger charge is -2.06.